The van der Waals surface area contributed by atoms with Crippen LogP contribution in [-0.4, -0.2) is 12.1 Å². The van der Waals surface area contributed by atoms with Crippen LogP contribution in [0.5, 0.6) is 0 Å². The summed E-state index contributed by atoms with van der Waals surface area (Å²) in [6, 6.07) is 11.3. The van der Waals surface area contributed by atoms with E-state index in [1.165, 1.54) is 42.5 Å². The Morgan fingerprint density at radius 2 is 1.70 bits per heavy atom. The monoisotopic (exact) mass is 359 g/mol. The van der Waals surface area contributed by atoms with Crippen LogP contribution < -0.4 is 5.32 Å². The first-order valence-corrected chi connectivity index (χ1v) is 7.13. The zero-order valence-corrected chi connectivity index (χ0v) is 13.0. The number of hydrogen-bond acceptors (Lipinski definition) is 1. The Balaban J connectivity index is 2.30. The van der Waals surface area contributed by atoms with Crippen LogP contribution in [0.4, 0.5) is 18.9 Å². The van der Waals surface area contributed by atoms with Crippen molar-refractivity contribution in [3.05, 3.63) is 70.2 Å². The third-order valence-corrected chi connectivity index (χ3v) is 3.40. The number of allylic oxidation sites excluding steroid dienone is 1. The molecule has 2 nitrogen and oxygen atoms in total. The summed E-state index contributed by atoms with van der Waals surface area (Å²) in [5.74, 6) is -0.939. The van der Waals surface area contributed by atoms with Gasteiger partial charge in [0, 0.05) is 11.1 Å². The molecule has 0 aromatic heterocycles. The SMILES string of the molecule is O=C(/C=C(\c1ccccc1)C(F)(F)F)Nc1ccc(Cl)cc1Cl. The van der Waals surface area contributed by atoms with E-state index in [9.17, 15) is 18.0 Å². The first-order chi connectivity index (χ1) is 10.8. The summed E-state index contributed by atoms with van der Waals surface area (Å²) in [6.45, 7) is 0. The van der Waals surface area contributed by atoms with Crippen LogP contribution in [0.1, 0.15) is 5.56 Å². The van der Waals surface area contributed by atoms with E-state index >= 15 is 0 Å². The van der Waals surface area contributed by atoms with Crippen molar-refractivity contribution in [3.8, 4) is 0 Å². The molecule has 0 aliphatic carbocycles. The molecule has 2 aromatic carbocycles. The van der Waals surface area contributed by atoms with Crippen molar-refractivity contribution in [1.29, 1.82) is 0 Å². The molecular weight excluding hydrogens is 350 g/mol. The molecule has 0 bridgehead atoms. The molecule has 0 aliphatic rings. The standard InChI is InChI=1S/C16H10Cl2F3NO/c17-11-6-7-14(13(18)8-11)22-15(23)9-12(16(19,20)21)10-4-2-1-3-5-10/h1-9H,(H,22,23)/b12-9+. The average Bonchev–Trinajstić information content (AvgIpc) is 2.47. The van der Waals surface area contributed by atoms with Gasteiger partial charge in [-0.3, -0.25) is 4.79 Å². The van der Waals surface area contributed by atoms with Crippen LogP contribution in [0.2, 0.25) is 10.0 Å². The molecule has 0 atom stereocenters. The maximum Gasteiger partial charge on any atom is 0.417 e. The molecule has 2 rings (SSSR count). The summed E-state index contributed by atoms with van der Waals surface area (Å²) in [7, 11) is 0. The minimum atomic E-state index is -4.66. The average molecular weight is 360 g/mol. The summed E-state index contributed by atoms with van der Waals surface area (Å²) in [4.78, 5) is 11.9. The molecule has 120 valence electrons. The van der Waals surface area contributed by atoms with Gasteiger partial charge in [0.15, 0.2) is 0 Å². The van der Waals surface area contributed by atoms with E-state index in [2.05, 4.69) is 5.32 Å². The number of alkyl halides is 3. The summed E-state index contributed by atoms with van der Waals surface area (Å²) >= 11 is 11.6. The van der Waals surface area contributed by atoms with Crippen LogP contribution in [0.3, 0.4) is 0 Å². The van der Waals surface area contributed by atoms with Gasteiger partial charge in [-0.1, -0.05) is 53.5 Å². The van der Waals surface area contributed by atoms with E-state index in [1.54, 1.807) is 6.07 Å². The number of rotatable bonds is 3. The van der Waals surface area contributed by atoms with Gasteiger partial charge in [-0.2, -0.15) is 13.2 Å². The lowest BCUT2D eigenvalue weighted by molar-refractivity contribution is -0.112. The van der Waals surface area contributed by atoms with Crippen LogP contribution in [0.25, 0.3) is 5.57 Å². The van der Waals surface area contributed by atoms with E-state index in [0.29, 0.717) is 11.1 Å². The van der Waals surface area contributed by atoms with Crippen molar-refractivity contribution in [2.75, 3.05) is 5.32 Å². The third kappa shape index (κ3) is 4.74. The smallest absolute Gasteiger partial charge is 0.321 e. The predicted octanol–water partition coefficient (Wildman–Crippen LogP) is 5.58. The number of amides is 1. The fraction of sp³-hybridized carbons (Fsp3) is 0.0625. The van der Waals surface area contributed by atoms with Gasteiger partial charge in [0.2, 0.25) is 5.91 Å². The minimum Gasteiger partial charge on any atom is -0.321 e. The zero-order chi connectivity index (χ0) is 17.0. The van der Waals surface area contributed by atoms with Crippen LogP contribution >= 0.6 is 23.2 Å². The summed E-state index contributed by atoms with van der Waals surface area (Å²) in [6.07, 6.45) is -4.16. The molecule has 1 N–H and O–H groups in total. The van der Waals surface area contributed by atoms with Crippen LogP contribution in [0, 0.1) is 0 Å². The van der Waals surface area contributed by atoms with Gasteiger partial charge in [0.05, 0.1) is 16.3 Å². The van der Waals surface area contributed by atoms with Crippen molar-refractivity contribution in [2.24, 2.45) is 0 Å². The largest absolute Gasteiger partial charge is 0.417 e. The quantitative estimate of drug-likeness (QED) is 0.712. The lowest BCUT2D eigenvalue weighted by atomic mass is 10.1. The Bertz CT molecular complexity index is 743. The van der Waals surface area contributed by atoms with E-state index in [1.807, 2.05) is 0 Å². The normalized spacial score (nSPS) is 12.1. The number of carbonyl (C=O) groups is 1. The van der Waals surface area contributed by atoms with Gasteiger partial charge in [0.25, 0.3) is 0 Å². The van der Waals surface area contributed by atoms with Crippen LogP contribution in [-0.2, 0) is 4.79 Å². The second-order valence-electron chi connectivity index (χ2n) is 4.54. The highest BCUT2D eigenvalue weighted by Gasteiger charge is 2.35. The Labute approximate surface area is 140 Å². The molecule has 0 saturated heterocycles. The molecule has 0 radical (unpaired) electrons. The molecule has 0 spiro atoms. The van der Waals surface area contributed by atoms with Gasteiger partial charge in [-0.15, -0.1) is 0 Å². The number of anilines is 1. The number of nitrogens with one attached hydrogen (secondary N) is 1. The van der Waals surface area contributed by atoms with E-state index < -0.39 is 17.7 Å². The summed E-state index contributed by atoms with van der Waals surface area (Å²) < 4.78 is 39.4. The Hall–Kier alpha value is -1.98. The van der Waals surface area contributed by atoms with Gasteiger partial charge in [0.1, 0.15) is 0 Å². The van der Waals surface area contributed by atoms with E-state index in [0.717, 1.165) is 0 Å². The lowest BCUT2D eigenvalue weighted by Gasteiger charge is -2.12. The summed E-state index contributed by atoms with van der Waals surface area (Å²) in [5, 5.41) is 2.79. The van der Waals surface area contributed by atoms with Gasteiger partial charge >= 0.3 is 6.18 Å². The predicted molar refractivity (Wildman–Crippen MR) is 85.6 cm³/mol. The van der Waals surface area contributed by atoms with Gasteiger partial charge in [-0.05, 0) is 23.8 Å². The first kappa shape index (κ1) is 17.4. The molecule has 2 aromatic rings. The molecule has 23 heavy (non-hydrogen) atoms. The van der Waals surface area contributed by atoms with Crippen molar-refractivity contribution in [3.63, 3.8) is 0 Å². The lowest BCUT2D eigenvalue weighted by Crippen LogP contribution is -2.16. The fourth-order valence-electron chi connectivity index (χ4n) is 1.84. The molecule has 7 heteroatoms. The number of halogens is 5. The highest BCUT2D eigenvalue weighted by molar-refractivity contribution is 6.36. The van der Waals surface area contributed by atoms with Crippen LogP contribution in [0.15, 0.2) is 54.6 Å². The van der Waals surface area contributed by atoms with Gasteiger partial charge < -0.3 is 5.32 Å². The van der Waals surface area contributed by atoms with Crippen molar-refractivity contribution in [2.45, 2.75) is 6.18 Å². The topological polar surface area (TPSA) is 29.1 Å². The summed E-state index contributed by atoms with van der Waals surface area (Å²) in [5.41, 5.74) is -0.968. The third-order valence-electron chi connectivity index (χ3n) is 2.85. The molecule has 0 aliphatic heterocycles. The molecule has 0 fully saturated rings. The Morgan fingerprint density at radius 3 is 2.26 bits per heavy atom. The number of hydrogen-bond donors (Lipinski definition) is 1. The highest BCUT2D eigenvalue weighted by atomic mass is 35.5. The van der Waals surface area contributed by atoms with Crippen molar-refractivity contribution in [1.82, 2.24) is 0 Å². The number of benzene rings is 2. The fourth-order valence-corrected chi connectivity index (χ4v) is 2.29. The number of carbonyl (C=O) groups excluding carboxylic acids is 1. The molecule has 0 heterocycles. The Morgan fingerprint density at radius 1 is 1.04 bits per heavy atom. The molecule has 0 saturated carbocycles. The highest BCUT2D eigenvalue weighted by Crippen LogP contribution is 2.34. The Kier molecular flexibility index (Phi) is 5.34. The second kappa shape index (κ2) is 7.06. The van der Waals surface area contributed by atoms with E-state index in [4.69, 9.17) is 23.2 Å². The first-order valence-electron chi connectivity index (χ1n) is 6.38. The van der Waals surface area contributed by atoms with Crippen molar-refractivity contribution < 1.29 is 18.0 Å². The zero-order valence-electron chi connectivity index (χ0n) is 11.5. The maximum atomic E-state index is 13.1. The minimum absolute atomic E-state index is 0.0997. The second-order valence-corrected chi connectivity index (χ2v) is 5.38. The molecule has 1 amide bonds. The maximum absolute atomic E-state index is 13.1. The molecular formula is C16H10Cl2F3NO. The van der Waals surface area contributed by atoms with Gasteiger partial charge in [-0.25, -0.2) is 0 Å². The molecule has 0 unspecified atom stereocenters. The van der Waals surface area contributed by atoms with E-state index in [-0.39, 0.29) is 16.3 Å². The van der Waals surface area contributed by atoms with Crippen molar-refractivity contribution >= 4 is 40.4 Å².